The molecule has 4 atom stereocenters. The van der Waals surface area contributed by atoms with E-state index in [1.165, 1.54) is 64.2 Å². The molecule has 0 aromatic heterocycles. The number of fused-ring (bicyclic) bond motifs is 2. The van der Waals surface area contributed by atoms with Gasteiger partial charge in [-0.25, -0.2) is 13.2 Å². The van der Waals surface area contributed by atoms with Gasteiger partial charge in [0, 0.05) is 5.39 Å². The number of hydrogen-bond acceptors (Lipinski definition) is 0. The van der Waals surface area contributed by atoms with Gasteiger partial charge in [0.1, 0.15) is 0 Å². The van der Waals surface area contributed by atoms with Crippen molar-refractivity contribution in [2.75, 3.05) is 0 Å². The van der Waals surface area contributed by atoms with Crippen molar-refractivity contribution < 1.29 is 13.2 Å². The smallest absolute Gasteiger partial charge is 0.195 e. The molecule has 0 spiro atoms. The fraction of sp³-hybridized carbons (Fsp3) is 0.643. The summed E-state index contributed by atoms with van der Waals surface area (Å²) in [5.41, 5.74) is 1.16. The number of hydrogen-bond donors (Lipinski definition) is 0. The predicted molar refractivity (Wildman–Crippen MR) is 120 cm³/mol. The van der Waals surface area contributed by atoms with Crippen LogP contribution in [0.2, 0.25) is 0 Å². The second-order valence-electron chi connectivity index (χ2n) is 10.8. The third-order valence-corrected chi connectivity index (χ3v) is 9.26. The lowest BCUT2D eigenvalue weighted by atomic mass is 9.60. The Morgan fingerprint density at radius 2 is 1.35 bits per heavy atom. The van der Waals surface area contributed by atoms with Crippen LogP contribution in [0.5, 0.6) is 0 Å². The van der Waals surface area contributed by atoms with Crippen molar-refractivity contribution in [1.29, 1.82) is 0 Å². The van der Waals surface area contributed by atoms with E-state index in [2.05, 4.69) is 6.92 Å². The van der Waals surface area contributed by atoms with Gasteiger partial charge in [0.15, 0.2) is 17.5 Å². The third kappa shape index (κ3) is 4.14. The summed E-state index contributed by atoms with van der Waals surface area (Å²) in [4.78, 5) is 0. The minimum atomic E-state index is -1.37. The molecular weight excluding hydrogens is 393 g/mol. The molecule has 3 heteroatoms. The lowest BCUT2D eigenvalue weighted by Crippen LogP contribution is -2.34. The molecule has 0 bridgehead atoms. The Kier molecular flexibility index (Phi) is 6.05. The summed E-state index contributed by atoms with van der Waals surface area (Å²) >= 11 is 0. The van der Waals surface area contributed by atoms with Crippen LogP contribution in [0.3, 0.4) is 0 Å². The Morgan fingerprint density at radius 1 is 0.710 bits per heavy atom. The molecule has 0 saturated heterocycles. The molecule has 0 nitrogen and oxygen atoms in total. The quantitative estimate of drug-likeness (QED) is 0.429. The molecule has 3 aliphatic rings. The molecule has 31 heavy (non-hydrogen) atoms. The minimum Gasteiger partial charge on any atom is -0.204 e. The van der Waals surface area contributed by atoms with Crippen LogP contribution < -0.4 is 0 Å². The van der Waals surface area contributed by atoms with E-state index in [4.69, 9.17) is 0 Å². The molecule has 168 valence electrons. The highest BCUT2D eigenvalue weighted by molar-refractivity contribution is 5.84. The zero-order valence-corrected chi connectivity index (χ0v) is 18.7. The molecule has 0 amide bonds. The van der Waals surface area contributed by atoms with Crippen LogP contribution in [0, 0.1) is 47.0 Å². The second-order valence-corrected chi connectivity index (χ2v) is 10.8. The van der Waals surface area contributed by atoms with Crippen LogP contribution in [-0.2, 0) is 0 Å². The molecule has 3 aliphatic carbocycles. The van der Waals surface area contributed by atoms with E-state index >= 15 is 0 Å². The molecule has 0 heterocycles. The van der Waals surface area contributed by atoms with E-state index in [9.17, 15) is 13.2 Å². The molecular formula is C28H35F3. The molecule has 0 radical (unpaired) electrons. The third-order valence-electron chi connectivity index (χ3n) is 9.26. The van der Waals surface area contributed by atoms with Crippen molar-refractivity contribution in [3.63, 3.8) is 0 Å². The Labute approximate surface area is 184 Å². The van der Waals surface area contributed by atoms with Gasteiger partial charge in [0.2, 0.25) is 0 Å². The SMILES string of the molecule is CCC1CCC(C2CCC3CC(c4ccc5c(F)c(F)c(F)cc5c4)CCC3C2)CC1. The van der Waals surface area contributed by atoms with Gasteiger partial charge >= 0.3 is 0 Å². The van der Waals surface area contributed by atoms with Crippen LogP contribution in [0.1, 0.15) is 89.0 Å². The Balaban J connectivity index is 1.24. The maximum absolute atomic E-state index is 14.1. The van der Waals surface area contributed by atoms with E-state index in [0.717, 1.165) is 47.6 Å². The Bertz CT molecular complexity index is 927. The van der Waals surface area contributed by atoms with E-state index in [-0.39, 0.29) is 5.39 Å². The molecule has 0 N–H and O–H groups in total. The molecule has 0 aliphatic heterocycles. The highest BCUT2D eigenvalue weighted by Crippen LogP contribution is 2.51. The molecule has 2 aromatic carbocycles. The van der Waals surface area contributed by atoms with Crippen LogP contribution >= 0.6 is 0 Å². The van der Waals surface area contributed by atoms with E-state index in [0.29, 0.717) is 11.3 Å². The standard InChI is InChI=1S/C28H35F3/c1-2-17-3-5-18(6-4-17)19-7-8-21-14-22(10-9-20(21)13-19)23-11-12-25-24(15-23)16-26(29)28(31)27(25)30/h11-12,15-22H,2-10,13-14H2,1H3. The average Bonchev–Trinajstić information content (AvgIpc) is 2.81. The first-order valence-electron chi connectivity index (χ1n) is 12.6. The maximum Gasteiger partial charge on any atom is 0.195 e. The van der Waals surface area contributed by atoms with Gasteiger partial charge in [0.25, 0.3) is 0 Å². The molecule has 3 fully saturated rings. The second kappa shape index (κ2) is 8.79. The number of halogens is 3. The zero-order valence-electron chi connectivity index (χ0n) is 18.7. The Morgan fingerprint density at radius 3 is 2.10 bits per heavy atom. The molecule has 3 saturated carbocycles. The van der Waals surface area contributed by atoms with E-state index in [1.807, 2.05) is 12.1 Å². The fourth-order valence-corrected chi connectivity index (χ4v) is 7.30. The van der Waals surface area contributed by atoms with Crippen molar-refractivity contribution >= 4 is 10.8 Å². The van der Waals surface area contributed by atoms with Gasteiger partial charge < -0.3 is 0 Å². The highest BCUT2D eigenvalue weighted by atomic mass is 19.2. The van der Waals surface area contributed by atoms with Gasteiger partial charge in [0.05, 0.1) is 0 Å². The van der Waals surface area contributed by atoms with Crippen LogP contribution in [-0.4, -0.2) is 0 Å². The summed E-state index contributed by atoms with van der Waals surface area (Å²) in [6, 6.07) is 6.61. The summed E-state index contributed by atoms with van der Waals surface area (Å²) in [6.45, 7) is 2.34. The van der Waals surface area contributed by atoms with Crippen molar-refractivity contribution in [3.05, 3.63) is 47.3 Å². The maximum atomic E-state index is 14.1. The largest absolute Gasteiger partial charge is 0.204 e. The van der Waals surface area contributed by atoms with Crippen molar-refractivity contribution in [1.82, 2.24) is 0 Å². The van der Waals surface area contributed by atoms with E-state index < -0.39 is 17.5 Å². The van der Waals surface area contributed by atoms with Gasteiger partial charge in [-0.3, -0.25) is 0 Å². The lowest BCUT2D eigenvalue weighted by Gasteiger charge is -2.45. The zero-order chi connectivity index (χ0) is 21.5. The van der Waals surface area contributed by atoms with Crippen molar-refractivity contribution in [3.8, 4) is 0 Å². The van der Waals surface area contributed by atoms with Crippen LogP contribution in [0.25, 0.3) is 10.8 Å². The molecule has 4 unspecified atom stereocenters. The van der Waals surface area contributed by atoms with Gasteiger partial charge in [-0.2, -0.15) is 0 Å². The normalized spacial score (nSPS) is 33.9. The summed E-state index contributed by atoms with van der Waals surface area (Å²) < 4.78 is 41.3. The van der Waals surface area contributed by atoms with Crippen LogP contribution in [0.15, 0.2) is 24.3 Å². The minimum absolute atomic E-state index is 0.176. The summed E-state index contributed by atoms with van der Waals surface area (Å²) in [6.07, 6.45) is 14.9. The summed E-state index contributed by atoms with van der Waals surface area (Å²) in [5, 5.41) is 0.650. The molecule has 5 rings (SSSR count). The van der Waals surface area contributed by atoms with Crippen molar-refractivity contribution in [2.45, 2.75) is 83.5 Å². The Hall–Kier alpha value is -1.51. The predicted octanol–water partition coefficient (Wildman–Crippen LogP) is 8.77. The highest BCUT2D eigenvalue weighted by Gasteiger charge is 2.39. The van der Waals surface area contributed by atoms with Crippen molar-refractivity contribution in [2.24, 2.45) is 29.6 Å². The van der Waals surface area contributed by atoms with Gasteiger partial charge in [-0.1, -0.05) is 44.4 Å². The first kappa shape index (κ1) is 21.3. The first-order chi connectivity index (χ1) is 15.0. The summed E-state index contributed by atoms with van der Waals surface area (Å²) in [5.74, 6) is 1.45. The van der Waals surface area contributed by atoms with Crippen LogP contribution in [0.4, 0.5) is 13.2 Å². The number of rotatable bonds is 3. The average molecular weight is 429 g/mol. The molecule has 2 aromatic rings. The summed E-state index contributed by atoms with van der Waals surface area (Å²) in [7, 11) is 0. The lowest BCUT2D eigenvalue weighted by molar-refractivity contribution is 0.0716. The van der Waals surface area contributed by atoms with Gasteiger partial charge in [-0.05, 0) is 104 Å². The number of benzene rings is 2. The fourth-order valence-electron chi connectivity index (χ4n) is 7.30. The van der Waals surface area contributed by atoms with Gasteiger partial charge in [-0.15, -0.1) is 0 Å². The topological polar surface area (TPSA) is 0 Å². The monoisotopic (exact) mass is 428 g/mol. The first-order valence-corrected chi connectivity index (χ1v) is 12.6. The van der Waals surface area contributed by atoms with E-state index in [1.54, 1.807) is 6.07 Å².